The van der Waals surface area contributed by atoms with Crippen molar-refractivity contribution in [2.24, 2.45) is 0 Å². The Bertz CT molecular complexity index is 433. The average molecular weight is 284 g/mol. The molecule has 112 valence electrons. The number of carbonyl (C=O) groups is 2. The topological polar surface area (TPSA) is 105 Å². The average Bonchev–Trinajstić information content (AvgIpc) is 2.80. The Labute approximate surface area is 117 Å². The number of aliphatic carboxylic acids is 1. The molecule has 0 bridgehead atoms. The van der Waals surface area contributed by atoms with E-state index in [0.717, 1.165) is 25.9 Å². The van der Waals surface area contributed by atoms with Gasteiger partial charge in [0.05, 0.1) is 11.9 Å². The highest BCUT2D eigenvalue weighted by atomic mass is 16.5. The summed E-state index contributed by atoms with van der Waals surface area (Å²) in [5, 5.41) is 17.7. The molecule has 2 amide bonds. The zero-order valence-corrected chi connectivity index (χ0v) is 11.5. The van der Waals surface area contributed by atoms with Gasteiger partial charge >= 0.3 is 12.0 Å². The van der Waals surface area contributed by atoms with Crippen LogP contribution >= 0.6 is 0 Å². The maximum atomic E-state index is 11.5. The maximum absolute atomic E-state index is 11.5. The molecule has 0 atom stereocenters. The second-order valence-corrected chi connectivity index (χ2v) is 4.25. The van der Waals surface area contributed by atoms with Crippen molar-refractivity contribution >= 4 is 17.7 Å². The first kappa shape index (κ1) is 16.0. The lowest BCUT2D eigenvalue weighted by Gasteiger charge is -2.05. The van der Waals surface area contributed by atoms with Crippen molar-refractivity contribution in [3.63, 3.8) is 0 Å². The molecular weight excluding hydrogens is 264 g/mol. The normalized spacial score (nSPS) is 10.2. The van der Waals surface area contributed by atoms with E-state index in [-0.39, 0.29) is 12.6 Å². The number of carboxylic acids is 1. The summed E-state index contributed by atoms with van der Waals surface area (Å²) in [6.45, 7) is 1.08. The highest BCUT2D eigenvalue weighted by molar-refractivity contribution is 5.88. The summed E-state index contributed by atoms with van der Waals surface area (Å²) in [5.41, 5.74) is 0.461. The van der Waals surface area contributed by atoms with Gasteiger partial charge in [-0.15, -0.1) is 0 Å². The Kier molecular flexibility index (Phi) is 7.12. The van der Waals surface area contributed by atoms with E-state index < -0.39 is 5.97 Å². The van der Waals surface area contributed by atoms with Gasteiger partial charge in [0.2, 0.25) is 0 Å². The first-order valence-electron chi connectivity index (χ1n) is 6.40. The van der Waals surface area contributed by atoms with Crippen LogP contribution in [-0.2, 0) is 16.1 Å². The highest BCUT2D eigenvalue weighted by Crippen LogP contribution is 2.04. The molecular formula is C12H20N4O4. The number of methoxy groups -OCH3 is 1. The lowest BCUT2D eigenvalue weighted by Crippen LogP contribution is -2.29. The van der Waals surface area contributed by atoms with E-state index in [1.807, 2.05) is 0 Å². The first-order chi connectivity index (χ1) is 9.61. The molecule has 1 aromatic rings. The fraction of sp³-hybridized carbons (Fsp3) is 0.583. The summed E-state index contributed by atoms with van der Waals surface area (Å²) in [7, 11) is 1.66. The molecule has 0 spiro atoms. The van der Waals surface area contributed by atoms with Gasteiger partial charge < -0.3 is 20.5 Å². The molecule has 0 aromatic carbocycles. The number of carbonyl (C=O) groups excluding carboxylic acids is 1. The molecule has 0 saturated heterocycles. The lowest BCUT2D eigenvalue weighted by molar-refractivity contribution is -0.137. The first-order valence-corrected chi connectivity index (χ1v) is 6.40. The van der Waals surface area contributed by atoms with Crippen LogP contribution in [0.15, 0.2) is 12.4 Å². The summed E-state index contributed by atoms with van der Waals surface area (Å²) in [6.07, 6.45) is 5.72. The third kappa shape index (κ3) is 6.74. The van der Waals surface area contributed by atoms with E-state index in [9.17, 15) is 9.59 Å². The Morgan fingerprint density at radius 1 is 1.40 bits per heavy atom. The summed E-state index contributed by atoms with van der Waals surface area (Å²) in [4.78, 5) is 22.0. The Morgan fingerprint density at radius 2 is 2.20 bits per heavy atom. The molecule has 8 heteroatoms. The van der Waals surface area contributed by atoms with Crippen molar-refractivity contribution in [1.29, 1.82) is 0 Å². The van der Waals surface area contributed by atoms with Gasteiger partial charge in [-0.2, -0.15) is 5.10 Å². The quantitative estimate of drug-likeness (QED) is 0.584. The van der Waals surface area contributed by atoms with Gasteiger partial charge in [0.25, 0.3) is 0 Å². The Morgan fingerprint density at radius 3 is 2.90 bits per heavy atom. The minimum Gasteiger partial charge on any atom is -0.480 e. The smallest absolute Gasteiger partial charge is 0.325 e. The zero-order chi connectivity index (χ0) is 14.8. The molecule has 0 aliphatic rings. The number of nitrogens with one attached hydrogen (secondary N) is 2. The number of anilines is 1. The van der Waals surface area contributed by atoms with Crippen LogP contribution in [0.25, 0.3) is 0 Å². The molecule has 0 radical (unpaired) electrons. The van der Waals surface area contributed by atoms with Crippen LogP contribution in [0.2, 0.25) is 0 Å². The van der Waals surface area contributed by atoms with Gasteiger partial charge in [0, 0.05) is 26.5 Å². The lowest BCUT2D eigenvalue weighted by atomic mass is 10.2. The van der Waals surface area contributed by atoms with E-state index >= 15 is 0 Å². The minimum absolute atomic E-state index is 0.233. The number of aromatic nitrogens is 2. The van der Waals surface area contributed by atoms with Gasteiger partial charge in [0.1, 0.15) is 6.54 Å². The molecule has 0 aliphatic heterocycles. The second kappa shape index (κ2) is 8.92. The largest absolute Gasteiger partial charge is 0.480 e. The van der Waals surface area contributed by atoms with Crippen LogP contribution in [0.5, 0.6) is 0 Å². The van der Waals surface area contributed by atoms with Crippen molar-refractivity contribution < 1.29 is 19.4 Å². The van der Waals surface area contributed by atoms with E-state index in [1.54, 1.807) is 7.11 Å². The molecule has 8 nitrogen and oxygen atoms in total. The number of unbranched alkanes of at least 4 members (excludes halogenated alkanes) is 2. The molecule has 0 aliphatic carbocycles. The Hall–Kier alpha value is -2.09. The molecule has 0 saturated carbocycles. The summed E-state index contributed by atoms with van der Waals surface area (Å²) >= 11 is 0. The number of urea groups is 1. The molecule has 20 heavy (non-hydrogen) atoms. The van der Waals surface area contributed by atoms with Crippen molar-refractivity contribution in [3.8, 4) is 0 Å². The number of rotatable bonds is 9. The fourth-order valence-electron chi connectivity index (χ4n) is 1.58. The maximum Gasteiger partial charge on any atom is 0.325 e. The van der Waals surface area contributed by atoms with Crippen LogP contribution < -0.4 is 10.6 Å². The van der Waals surface area contributed by atoms with Gasteiger partial charge in [-0.1, -0.05) is 0 Å². The Balaban J connectivity index is 2.18. The second-order valence-electron chi connectivity index (χ2n) is 4.25. The van der Waals surface area contributed by atoms with E-state index in [4.69, 9.17) is 9.84 Å². The third-order valence-electron chi connectivity index (χ3n) is 2.50. The summed E-state index contributed by atoms with van der Waals surface area (Å²) < 4.78 is 6.17. The van der Waals surface area contributed by atoms with Gasteiger partial charge in [-0.3, -0.25) is 9.48 Å². The number of ether oxygens (including phenoxy) is 1. The van der Waals surface area contributed by atoms with E-state index in [0.29, 0.717) is 12.2 Å². The van der Waals surface area contributed by atoms with Gasteiger partial charge in [-0.05, 0) is 19.3 Å². The van der Waals surface area contributed by atoms with Crippen LogP contribution in [0, 0.1) is 0 Å². The molecule has 1 heterocycles. The van der Waals surface area contributed by atoms with Gasteiger partial charge in [0.15, 0.2) is 0 Å². The van der Waals surface area contributed by atoms with Crippen LogP contribution in [0.4, 0.5) is 10.5 Å². The number of carboxylic acid groups (broad SMARTS) is 1. The number of hydrogen-bond acceptors (Lipinski definition) is 4. The predicted molar refractivity (Wildman–Crippen MR) is 72.6 cm³/mol. The molecule has 1 aromatic heterocycles. The number of hydrogen-bond donors (Lipinski definition) is 3. The van der Waals surface area contributed by atoms with Crippen molar-refractivity contribution in [2.75, 3.05) is 25.6 Å². The molecule has 0 unspecified atom stereocenters. The molecule has 0 fully saturated rings. The standard InChI is InChI=1S/C12H20N4O4/c1-20-6-4-2-3-5-13-12(19)15-10-7-14-16(8-10)9-11(17)18/h7-8H,2-6,9H2,1H3,(H,17,18)(H2,13,15,19). The fourth-order valence-corrected chi connectivity index (χ4v) is 1.58. The summed E-state index contributed by atoms with van der Waals surface area (Å²) in [5.74, 6) is -0.986. The summed E-state index contributed by atoms with van der Waals surface area (Å²) in [6, 6.07) is -0.327. The zero-order valence-electron chi connectivity index (χ0n) is 11.5. The van der Waals surface area contributed by atoms with Crippen LogP contribution in [0.1, 0.15) is 19.3 Å². The van der Waals surface area contributed by atoms with Gasteiger partial charge in [-0.25, -0.2) is 4.79 Å². The van der Waals surface area contributed by atoms with E-state index in [2.05, 4.69) is 15.7 Å². The predicted octanol–water partition coefficient (Wildman–Crippen LogP) is 0.906. The van der Waals surface area contributed by atoms with Crippen LogP contribution in [0.3, 0.4) is 0 Å². The van der Waals surface area contributed by atoms with Crippen molar-refractivity contribution in [1.82, 2.24) is 15.1 Å². The molecule has 3 N–H and O–H groups in total. The van der Waals surface area contributed by atoms with Crippen molar-refractivity contribution in [2.45, 2.75) is 25.8 Å². The van der Waals surface area contributed by atoms with Crippen LogP contribution in [-0.4, -0.2) is 47.1 Å². The monoisotopic (exact) mass is 284 g/mol. The number of nitrogens with zero attached hydrogens (tertiary/aromatic N) is 2. The third-order valence-corrected chi connectivity index (χ3v) is 2.50. The highest BCUT2D eigenvalue weighted by Gasteiger charge is 2.05. The molecule has 1 rings (SSSR count). The minimum atomic E-state index is -0.986. The SMILES string of the molecule is COCCCCCNC(=O)Nc1cnn(CC(=O)O)c1. The van der Waals surface area contributed by atoms with E-state index in [1.165, 1.54) is 17.1 Å². The van der Waals surface area contributed by atoms with Crippen molar-refractivity contribution in [3.05, 3.63) is 12.4 Å². The number of amides is 2.